The summed E-state index contributed by atoms with van der Waals surface area (Å²) in [4.78, 5) is 13.0. The third-order valence-electron chi connectivity index (χ3n) is 4.67. The summed E-state index contributed by atoms with van der Waals surface area (Å²) in [5, 5.41) is 3.17. The number of nitrogens with zero attached hydrogens (tertiary/aromatic N) is 1. The summed E-state index contributed by atoms with van der Waals surface area (Å²) in [6.45, 7) is 5.01. The van der Waals surface area contributed by atoms with Crippen molar-refractivity contribution in [2.75, 3.05) is 16.8 Å². The van der Waals surface area contributed by atoms with Crippen molar-refractivity contribution in [2.45, 2.75) is 37.8 Å². The van der Waals surface area contributed by atoms with Gasteiger partial charge >= 0.3 is 0 Å². The zero-order valence-corrected chi connectivity index (χ0v) is 19.8. The number of aryl methyl sites for hydroxylation is 1. The molecule has 0 spiro atoms. The normalized spacial score (nSPS) is 14.1. The summed E-state index contributed by atoms with van der Waals surface area (Å²) >= 11 is 6.14. The number of halogens is 1. The van der Waals surface area contributed by atoms with E-state index in [1.54, 1.807) is 38.1 Å². The molecule has 0 aliphatic rings. The van der Waals surface area contributed by atoms with Crippen LogP contribution in [0.2, 0.25) is 5.02 Å². The molecule has 2 aromatic carbocycles. The predicted octanol–water partition coefficient (Wildman–Crippen LogP) is 3.08. The maximum atomic E-state index is 12.8. The molecule has 2 aromatic rings. The Kier molecular flexibility index (Phi) is 7.21. The lowest BCUT2D eigenvalue weighted by Crippen LogP contribution is -2.48. The fraction of sp³-hybridized carbons (Fsp3) is 0.350. The van der Waals surface area contributed by atoms with E-state index in [-0.39, 0.29) is 4.90 Å². The van der Waals surface area contributed by atoms with Crippen molar-refractivity contribution < 1.29 is 21.6 Å². The number of sulfonamides is 1. The number of hydrogen-bond acceptors (Lipinski definition) is 5. The number of carbonyl (C=O) groups excluding carboxylic acids is 1. The zero-order valence-electron chi connectivity index (χ0n) is 17.4. The molecular formula is C20H25ClN2O5S2. The van der Waals surface area contributed by atoms with Crippen LogP contribution in [-0.4, -0.2) is 41.3 Å². The number of sulfone groups is 1. The molecule has 0 aliphatic carbocycles. The Labute approximate surface area is 183 Å². The van der Waals surface area contributed by atoms with Gasteiger partial charge < -0.3 is 5.32 Å². The molecule has 7 nitrogen and oxygen atoms in total. The Morgan fingerprint density at radius 3 is 2.03 bits per heavy atom. The molecule has 0 aliphatic heterocycles. The lowest BCUT2D eigenvalue weighted by molar-refractivity contribution is -0.122. The highest BCUT2D eigenvalue weighted by atomic mass is 35.5. The molecule has 0 saturated carbocycles. The second kappa shape index (κ2) is 8.95. The van der Waals surface area contributed by atoms with Crippen LogP contribution in [0.1, 0.15) is 31.0 Å². The molecular weight excluding hydrogens is 448 g/mol. The van der Waals surface area contributed by atoms with Crippen LogP contribution in [0.4, 0.5) is 5.69 Å². The van der Waals surface area contributed by atoms with Crippen molar-refractivity contribution in [3.8, 4) is 0 Å². The minimum Gasteiger partial charge on any atom is -0.348 e. The second-order valence-electron chi connectivity index (χ2n) is 7.24. The highest BCUT2D eigenvalue weighted by Gasteiger charge is 2.30. The molecule has 0 unspecified atom stereocenters. The first-order valence-corrected chi connectivity index (χ1v) is 13.2. The van der Waals surface area contributed by atoms with Gasteiger partial charge in [-0.3, -0.25) is 9.10 Å². The molecule has 164 valence electrons. The van der Waals surface area contributed by atoms with Crippen LogP contribution in [0.5, 0.6) is 0 Å². The Hall–Kier alpha value is -2.10. The number of carbonyl (C=O) groups is 1. The molecule has 1 amide bonds. The molecule has 0 aromatic heterocycles. The predicted molar refractivity (Wildman–Crippen MR) is 119 cm³/mol. The van der Waals surface area contributed by atoms with Crippen LogP contribution < -0.4 is 9.62 Å². The Morgan fingerprint density at radius 1 is 1.00 bits per heavy atom. The smallest absolute Gasteiger partial charge is 0.244 e. The lowest BCUT2D eigenvalue weighted by Gasteiger charge is -2.29. The van der Waals surface area contributed by atoms with E-state index in [1.165, 1.54) is 25.1 Å². The summed E-state index contributed by atoms with van der Waals surface area (Å²) in [5.74, 6) is -0.503. The molecule has 0 radical (unpaired) electrons. The first-order valence-electron chi connectivity index (χ1n) is 9.07. The summed E-state index contributed by atoms with van der Waals surface area (Å²) in [5.41, 5.74) is 1.77. The molecule has 2 rings (SSSR count). The maximum Gasteiger partial charge on any atom is 0.244 e. The standard InChI is InChI=1S/C20H25ClN2O5S2/c1-13-6-9-17(12-19(13)21)23(30(5,27)28)15(3)20(24)22-14(2)16-7-10-18(11-8-16)29(4,25)26/h6-12,14-15H,1-5H3,(H,22,24)/t14-,15-/m1/s1. The van der Waals surface area contributed by atoms with Gasteiger partial charge in [-0.2, -0.15) is 0 Å². The van der Waals surface area contributed by atoms with Gasteiger partial charge in [-0.05, 0) is 56.2 Å². The van der Waals surface area contributed by atoms with Crippen molar-refractivity contribution in [2.24, 2.45) is 0 Å². The van der Waals surface area contributed by atoms with E-state index < -0.39 is 37.9 Å². The van der Waals surface area contributed by atoms with Crippen molar-refractivity contribution in [3.63, 3.8) is 0 Å². The highest BCUT2D eigenvalue weighted by Crippen LogP contribution is 2.27. The van der Waals surface area contributed by atoms with E-state index in [2.05, 4.69) is 5.32 Å². The van der Waals surface area contributed by atoms with Gasteiger partial charge in [0.15, 0.2) is 9.84 Å². The second-order valence-corrected chi connectivity index (χ2v) is 11.5. The topological polar surface area (TPSA) is 101 Å². The summed E-state index contributed by atoms with van der Waals surface area (Å²) in [7, 11) is -7.09. The third kappa shape index (κ3) is 5.74. The quantitative estimate of drug-likeness (QED) is 0.667. The number of amides is 1. The number of benzene rings is 2. The molecule has 1 N–H and O–H groups in total. The first kappa shape index (κ1) is 24.2. The molecule has 0 fully saturated rings. The van der Waals surface area contributed by atoms with Crippen LogP contribution in [-0.2, 0) is 24.7 Å². The van der Waals surface area contributed by atoms with Crippen molar-refractivity contribution in [1.82, 2.24) is 5.32 Å². The van der Waals surface area contributed by atoms with Crippen LogP contribution in [0, 0.1) is 6.92 Å². The van der Waals surface area contributed by atoms with E-state index in [0.717, 1.165) is 22.4 Å². The SMILES string of the molecule is Cc1ccc(N([C@H](C)C(=O)N[C@H](C)c2ccc(S(C)(=O)=O)cc2)S(C)(=O)=O)cc1Cl. The Morgan fingerprint density at radius 2 is 1.57 bits per heavy atom. The fourth-order valence-electron chi connectivity index (χ4n) is 2.95. The summed E-state index contributed by atoms with van der Waals surface area (Å²) in [6.07, 6.45) is 2.14. The summed E-state index contributed by atoms with van der Waals surface area (Å²) < 4.78 is 49.0. The first-order chi connectivity index (χ1) is 13.7. The van der Waals surface area contributed by atoms with Gasteiger partial charge in [-0.25, -0.2) is 16.8 Å². The monoisotopic (exact) mass is 472 g/mol. The third-order valence-corrected chi connectivity index (χ3v) is 7.44. The average molecular weight is 473 g/mol. The van der Waals surface area contributed by atoms with E-state index in [0.29, 0.717) is 16.3 Å². The number of rotatable bonds is 7. The number of anilines is 1. The van der Waals surface area contributed by atoms with Gasteiger partial charge in [0.2, 0.25) is 15.9 Å². The lowest BCUT2D eigenvalue weighted by atomic mass is 10.1. The van der Waals surface area contributed by atoms with Gasteiger partial charge in [0.1, 0.15) is 6.04 Å². The number of hydrogen-bond donors (Lipinski definition) is 1. The van der Waals surface area contributed by atoms with Gasteiger partial charge in [0, 0.05) is 11.3 Å². The van der Waals surface area contributed by atoms with Crippen molar-refractivity contribution in [1.29, 1.82) is 0 Å². The Bertz CT molecular complexity index is 1150. The maximum absolute atomic E-state index is 12.8. The van der Waals surface area contributed by atoms with Crippen LogP contribution >= 0.6 is 11.6 Å². The van der Waals surface area contributed by atoms with Crippen molar-refractivity contribution in [3.05, 3.63) is 58.6 Å². The van der Waals surface area contributed by atoms with Gasteiger partial charge in [-0.15, -0.1) is 0 Å². The van der Waals surface area contributed by atoms with E-state index in [4.69, 9.17) is 11.6 Å². The molecule has 10 heteroatoms. The van der Waals surface area contributed by atoms with Crippen molar-refractivity contribution >= 4 is 43.1 Å². The van der Waals surface area contributed by atoms with Gasteiger partial charge in [0.25, 0.3) is 0 Å². The largest absolute Gasteiger partial charge is 0.348 e. The van der Waals surface area contributed by atoms with E-state index in [1.807, 2.05) is 0 Å². The van der Waals surface area contributed by atoms with E-state index in [9.17, 15) is 21.6 Å². The van der Waals surface area contributed by atoms with Crippen LogP contribution in [0.25, 0.3) is 0 Å². The van der Waals surface area contributed by atoms with Gasteiger partial charge in [-0.1, -0.05) is 29.8 Å². The van der Waals surface area contributed by atoms with Gasteiger partial charge in [0.05, 0.1) is 22.9 Å². The molecule has 2 atom stereocenters. The minimum atomic E-state index is -3.77. The zero-order chi connectivity index (χ0) is 22.9. The van der Waals surface area contributed by atoms with E-state index >= 15 is 0 Å². The molecule has 30 heavy (non-hydrogen) atoms. The average Bonchev–Trinajstić information content (AvgIpc) is 2.63. The fourth-order valence-corrected chi connectivity index (χ4v) is 4.92. The molecule has 0 saturated heterocycles. The highest BCUT2D eigenvalue weighted by molar-refractivity contribution is 7.92. The van der Waals surface area contributed by atoms with Crippen LogP contribution in [0.15, 0.2) is 47.4 Å². The minimum absolute atomic E-state index is 0.178. The number of nitrogens with one attached hydrogen (secondary N) is 1. The Balaban J connectivity index is 2.25. The summed E-state index contributed by atoms with van der Waals surface area (Å²) in [6, 6.07) is 9.45. The molecule has 0 bridgehead atoms. The van der Waals surface area contributed by atoms with Crippen LogP contribution in [0.3, 0.4) is 0 Å². The molecule has 0 heterocycles.